The maximum Gasteiger partial charge on any atom is 0.139 e. The lowest BCUT2D eigenvalue weighted by atomic mass is 9.42. The molecule has 0 aromatic rings. The average Bonchev–Trinajstić information content (AvgIpc) is 2.16. The van der Waals surface area contributed by atoms with Crippen molar-refractivity contribution in [2.75, 3.05) is 0 Å². The summed E-state index contributed by atoms with van der Waals surface area (Å²) >= 11 is 0. The van der Waals surface area contributed by atoms with Gasteiger partial charge in [-0.1, -0.05) is 64.4 Å². The Kier molecular flexibility index (Phi) is 4.73. The second-order valence-corrected chi connectivity index (χ2v) is 3.97. The fourth-order valence-electron chi connectivity index (χ4n) is 2.13. The van der Waals surface area contributed by atoms with Gasteiger partial charge in [0.15, 0.2) is 0 Å². The molecule has 0 saturated carbocycles. The summed E-state index contributed by atoms with van der Waals surface area (Å²) < 4.78 is 0. The first-order chi connectivity index (χ1) is 5.43. The Morgan fingerprint density at radius 3 is 1.73 bits per heavy atom. The Morgan fingerprint density at radius 2 is 1.27 bits per heavy atom. The monoisotopic (exact) mass is 152 g/mol. The Morgan fingerprint density at radius 1 is 0.818 bits per heavy atom. The van der Waals surface area contributed by atoms with Crippen LogP contribution >= 0.6 is 0 Å². The molecule has 1 saturated heterocycles. The van der Waals surface area contributed by atoms with Crippen molar-refractivity contribution in [3.8, 4) is 0 Å². The van der Waals surface area contributed by atoms with Gasteiger partial charge in [0.2, 0.25) is 0 Å². The Bertz CT molecular complexity index is 80.9. The first kappa shape index (κ1) is 9.16. The average molecular weight is 152 g/mol. The standard InChI is InChI=1S/C10H21B/c1-2-11-9-7-5-3-4-6-8-10-11/h2-10H2,1H3. The first-order valence-electron chi connectivity index (χ1n) is 5.43. The van der Waals surface area contributed by atoms with Crippen molar-refractivity contribution in [1.29, 1.82) is 0 Å². The van der Waals surface area contributed by atoms with Crippen molar-refractivity contribution in [2.24, 2.45) is 0 Å². The maximum absolute atomic E-state index is 2.35. The lowest BCUT2D eigenvalue weighted by Crippen LogP contribution is -2.09. The summed E-state index contributed by atoms with van der Waals surface area (Å²) in [4.78, 5) is 0. The van der Waals surface area contributed by atoms with E-state index in [-0.39, 0.29) is 0 Å². The molecular weight excluding hydrogens is 131 g/mol. The van der Waals surface area contributed by atoms with Gasteiger partial charge in [0.25, 0.3) is 0 Å². The zero-order chi connectivity index (χ0) is 7.94. The van der Waals surface area contributed by atoms with Crippen LogP contribution in [0.4, 0.5) is 0 Å². The highest BCUT2D eigenvalue weighted by molar-refractivity contribution is 6.58. The Balaban J connectivity index is 2.19. The number of rotatable bonds is 1. The van der Waals surface area contributed by atoms with E-state index in [0.717, 1.165) is 6.71 Å². The highest BCUT2D eigenvalue weighted by Crippen LogP contribution is 2.19. The van der Waals surface area contributed by atoms with Gasteiger partial charge in [-0.25, -0.2) is 0 Å². The SMILES string of the molecule is CCB1CCCCCCCC1. The third kappa shape index (κ3) is 3.84. The summed E-state index contributed by atoms with van der Waals surface area (Å²) in [6, 6.07) is 0. The summed E-state index contributed by atoms with van der Waals surface area (Å²) in [7, 11) is 0. The molecule has 0 amide bonds. The molecule has 0 atom stereocenters. The van der Waals surface area contributed by atoms with Crippen LogP contribution in [0.5, 0.6) is 0 Å². The van der Waals surface area contributed by atoms with Crippen LogP contribution in [0.2, 0.25) is 19.0 Å². The van der Waals surface area contributed by atoms with Gasteiger partial charge in [-0.15, -0.1) is 0 Å². The van der Waals surface area contributed by atoms with Crippen molar-refractivity contribution < 1.29 is 0 Å². The van der Waals surface area contributed by atoms with Gasteiger partial charge in [-0.2, -0.15) is 0 Å². The molecule has 0 nitrogen and oxygen atoms in total. The van der Waals surface area contributed by atoms with Crippen LogP contribution in [0.1, 0.15) is 45.4 Å². The molecule has 0 spiro atoms. The molecule has 11 heavy (non-hydrogen) atoms. The largest absolute Gasteiger partial charge is 0.139 e. The zero-order valence-electron chi connectivity index (χ0n) is 7.94. The molecule has 0 aromatic heterocycles. The van der Waals surface area contributed by atoms with Crippen LogP contribution in [0.15, 0.2) is 0 Å². The topological polar surface area (TPSA) is 0 Å². The predicted octanol–water partition coefficient (Wildman–Crippen LogP) is 3.86. The summed E-state index contributed by atoms with van der Waals surface area (Å²) in [5, 5.41) is 0. The van der Waals surface area contributed by atoms with E-state index < -0.39 is 0 Å². The van der Waals surface area contributed by atoms with Crippen molar-refractivity contribution in [1.82, 2.24) is 0 Å². The third-order valence-corrected chi connectivity index (χ3v) is 3.05. The van der Waals surface area contributed by atoms with Crippen LogP contribution < -0.4 is 0 Å². The van der Waals surface area contributed by atoms with Crippen LogP contribution in [0, 0.1) is 0 Å². The molecule has 1 fully saturated rings. The van der Waals surface area contributed by atoms with Crippen LogP contribution in [-0.2, 0) is 0 Å². The van der Waals surface area contributed by atoms with Crippen molar-refractivity contribution in [3.63, 3.8) is 0 Å². The minimum absolute atomic E-state index is 1.06. The van der Waals surface area contributed by atoms with Gasteiger partial charge in [0.05, 0.1) is 0 Å². The van der Waals surface area contributed by atoms with Crippen molar-refractivity contribution in [2.45, 2.75) is 64.4 Å². The molecule has 0 bridgehead atoms. The van der Waals surface area contributed by atoms with Gasteiger partial charge < -0.3 is 0 Å². The van der Waals surface area contributed by atoms with E-state index in [1.165, 1.54) is 57.5 Å². The second-order valence-electron chi connectivity index (χ2n) is 3.97. The molecule has 1 heterocycles. The quantitative estimate of drug-likeness (QED) is 0.500. The van der Waals surface area contributed by atoms with E-state index in [1.807, 2.05) is 0 Å². The lowest BCUT2D eigenvalue weighted by Gasteiger charge is -2.07. The first-order valence-corrected chi connectivity index (χ1v) is 5.43. The van der Waals surface area contributed by atoms with Gasteiger partial charge in [-0.05, 0) is 0 Å². The minimum Gasteiger partial charge on any atom is -0.0770 e. The van der Waals surface area contributed by atoms with Gasteiger partial charge in [0.1, 0.15) is 6.71 Å². The van der Waals surface area contributed by atoms with Crippen LogP contribution in [-0.4, -0.2) is 6.71 Å². The lowest BCUT2D eigenvalue weighted by molar-refractivity contribution is 0.633. The zero-order valence-corrected chi connectivity index (χ0v) is 7.94. The summed E-state index contributed by atoms with van der Waals surface area (Å²) in [6.45, 7) is 3.41. The third-order valence-electron chi connectivity index (χ3n) is 3.05. The van der Waals surface area contributed by atoms with E-state index in [4.69, 9.17) is 0 Å². The summed E-state index contributed by atoms with van der Waals surface area (Å²) in [6.07, 6.45) is 13.4. The molecule has 64 valence electrons. The number of hydrogen-bond acceptors (Lipinski definition) is 0. The fourth-order valence-corrected chi connectivity index (χ4v) is 2.13. The van der Waals surface area contributed by atoms with Crippen molar-refractivity contribution in [3.05, 3.63) is 0 Å². The molecule has 1 heteroatoms. The van der Waals surface area contributed by atoms with E-state index in [1.54, 1.807) is 0 Å². The minimum atomic E-state index is 1.06. The smallest absolute Gasteiger partial charge is 0.0770 e. The van der Waals surface area contributed by atoms with Crippen molar-refractivity contribution >= 4 is 6.71 Å². The summed E-state index contributed by atoms with van der Waals surface area (Å²) in [5.74, 6) is 0. The van der Waals surface area contributed by atoms with Gasteiger partial charge in [-0.3, -0.25) is 0 Å². The predicted molar refractivity (Wildman–Crippen MR) is 53.6 cm³/mol. The van der Waals surface area contributed by atoms with Gasteiger partial charge in [0, 0.05) is 0 Å². The molecule has 0 aliphatic carbocycles. The van der Waals surface area contributed by atoms with E-state index >= 15 is 0 Å². The molecule has 0 aromatic carbocycles. The number of hydrogen-bond donors (Lipinski definition) is 0. The molecule has 0 N–H and O–H groups in total. The molecule has 0 radical (unpaired) electrons. The molecule has 0 unspecified atom stereocenters. The van der Waals surface area contributed by atoms with E-state index in [9.17, 15) is 0 Å². The van der Waals surface area contributed by atoms with Gasteiger partial charge >= 0.3 is 0 Å². The maximum atomic E-state index is 2.35. The summed E-state index contributed by atoms with van der Waals surface area (Å²) in [5.41, 5.74) is 0. The molecule has 1 aliphatic heterocycles. The van der Waals surface area contributed by atoms with E-state index in [0.29, 0.717) is 0 Å². The molecular formula is C10H21B. The van der Waals surface area contributed by atoms with Crippen LogP contribution in [0.3, 0.4) is 0 Å². The Labute approximate surface area is 71.8 Å². The molecule has 1 rings (SSSR count). The normalized spacial score (nSPS) is 22.1. The van der Waals surface area contributed by atoms with E-state index in [2.05, 4.69) is 6.92 Å². The molecule has 1 aliphatic rings. The highest BCUT2D eigenvalue weighted by atomic mass is 14.0. The Hall–Kier alpha value is 0.0649. The van der Waals surface area contributed by atoms with Crippen LogP contribution in [0.25, 0.3) is 0 Å². The second kappa shape index (κ2) is 5.68. The highest BCUT2D eigenvalue weighted by Gasteiger charge is 2.11. The fraction of sp³-hybridized carbons (Fsp3) is 1.00.